The van der Waals surface area contributed by atoms with Gasteiger partial charge in [-0.2, -0.15) is 0 Å². The number of quaternary nitrogens is 1. The molecule has 1 atom stereocenters. The van der Waals surface area contributed by atoms with Crippen molar-refractivity contribution in [2.75, 3.05) is 26.8 Å². The molecule has 0 spiro atoms. The number of esters is 1. The summed E-state index contributed by atoms with van der Waals surface area (Å²) < 4.78 is 10.2. The molecule has 0 fully saturated rings. The third kappa shape index (κ3) is 6.34. The first kappa shape index (κ1) is 18.5. The molecule has 24 heavy (non-hydrogen) atoms. The van der Waals surface area contributed by atoms with Gasteiger partial charge < -0.3 is 19.9 Å². The third-order valence-electron chi connectivity index (χ3n) is 4.19. The van der Waals surface area contributed by atoms with E-state index in [0.717, 1.165) is 13.0 Å². The largest absolute Gasteiger partial charge is 0.491 e. The lowest BCUT2D eigenvalue weighted by atomic mass is 9.97. The van der Waals surface area contributed by atoms with Crippen LogP contribution >= 0.6 is 0 Å². The van der Waals surface area contributed by atoms with Gasteiger partial charge in [0.05, 0.1) is 19.2 Å². The van der Waals surface area contributed by atoms with Gasteiger partial charge in [0, 0.05) is 6.42 Å². The number of nitrogens with two attached hydrogens (primary N) is 1. The van der Waals surface area contributed by atoms with Crippen LogP contribution in [0.5, 0.6) is 5.75 Å². The van der Waals surface area contributed by atoms with E-state index in [0.29, 0.717) is 17.9 Å². The molecular weight excluding hydrogens is 306 g/mol. The summed E-state index contributed by atoms with van der Waals surface area (Å²) in [6.07, 6.45) is 8.02. The second-order valence-corrected chi connectivity index (χ2v) is 6.16. The Morgan fingerprint density at radius 1 is 1.38 bits per heavy atom. The average molecular weight is 334 g/mol. The number of benzene rings is 1. The second-order valence-electron chi connectivity index (χ2n) is 6.16. The molecule has 132 valence electrons. The van der Waals surface area contributed by atoms with Crippen molar-refractivity contribution in [2.24, 2.45) is 0 Å². The summed E-state index contributed by atoms with van der Waals surface area (Å²) in [5.74, 6) is 0.163. The quantitative estimate of drug-likeness (QED) is 0.409. The molecule has 0 radical (unpaired) electrons. The fourth-order valence-corrected chi connectivity index (χ4v) is 2.82. The van der Waals surface area contributed by atoms with Gasteiger partial charge in [0.25, 0.3) is 0 Å². The molecule has 5 nitrogen and oxygen atoms in total. The first-order valence-electron chi connectivity index (χ1n) is 8.68. The van der Waals surface area contributed by atoms with Crippen LogP contribution in [-0.2, 0) is 4.74 Å². The summed E-state index contributed by atoms with van der Waals surface area (Å²) in [7, 11) is 1.35. The minimum absolute atomic E-state index is 0.212. The highest BCUT2D eigenvalue weighted by atomic mass is 16.5. The topological polar surface area (TPSA) is 72.4 Å². The van der Waals surface area contributed by atoms with E-state index in [-0.39, 0.29) is 6.61 Å². The normalized spacial score (nSPS) is 15.5. The van der Waals surface area contributed by atoms with Gasteiger partial charge in [-0.15, -0.1) is 0 Å². The van der Waals surface area contributed by atoms with Crippen LogP contribution in [0.25, 0.3) is 0 Å². The average Bonchev–Trinajstić information content (AvgIpc) is 2.64. The summed E-state index contributed by atoms with van der Waals surface area (Å²) >= 11 is 0. The number of carbonyl (C=O) groups excluding carboxylic acids is 1. The molecule has 1 aromatic carbocycles. The number of ether oxygens (including phenoxy) is 2. The van der Waals surface area contributed by atoms with Crippen LogP contribution in [0.3, 0.4) is 0 Å². The van der Waals surface area contributed by atoms with Gasteiger partial charge in [-0.3, -0.25) is 0 Å². The highest BCUT2D eigenvalue weighted by Gasteiger charge is 2.10. The number of methoxy groups -OCH3 is 1. The van der Waals surface area contributed by atoms with Crippen LogP contribution in [0.15, 0.2) is 35.9 Å². The fourth-order valence-electron chi connectivity index (χ4n) is 2.82. The molecule has 0 aromatic heterocycles. The first-order valence-corrected chi connectivity index (χ1v) is 8.68. The maximum atomic E-state index is 11.5. The lowest BCUT2D eigenvalue weighted by Gasteiger charge is -2.14. The summed E-state index contributed by atoms with van der Waals surface area (Å²) in [6.45, 7) is 1.83. The molecule has 0 bridgehead atoms. The van der Waals surface area contributed by atoms with E-state index in [4.69, 9.17) is 4.74 Å². The number of carbonyl (C=O) groups is 1. The smallest absolute Gasteiger partial charge is 0.337 e. The Bertz CT molecular complexity index is 556. The zero-order valence-electron chi connectivity index (χ0n) is 14.4. The lowest BCUT2D eigenvalue weighted by Crippen LogP contribution is -2.86. The van der Waals surface area contributed by atoms with Gasteiger partial charge in [0.15, 0.2) is 0 Å². The number of hydrogen-bond acceptors (Lipinski definition) is 4. The van der Waals surface area contributed by atoms with Crippen molar-refractivity contribution in [2.45, 2.75) is 38.2 Å². The van der Waals surface area contributed by atoms with E-state index >= 15 is 0 Å². The van der Waals surface area contributed by atoms with Gasteiger partial charge in [-0.05, 0) is 43.9 Å². The number of rotatable bonds is 9. The first-order chi connectivity index (χ1) is 11.7. The summed E-state index contributed by atoms with van der Waals surface area (Å²) in [4.78, 5) is 11.5. The van der Waals surface area contributed by atoms with Crippen molar-refractivity contribution in [3.05, 3.63) is 41.5 Å². The van der Waals surface area contributed by atoms with Gasteiger partial charge in [-0.25, -0.2) is 4.79 Å². The molecule has 5 heteroatoms. The summed E-state index contributed by atoms with van der Waals surface area (Å²) in [6, 6.07) is 6.79. The zero-order valence-corrected chi connectivity index (χ0v) is 14.4. The molecule has 0 unspecified atom stereocenters. The Morgan fingerprint density at radius 3 is 3.00 bits per heavy atom. The van der Waals surface area contributed by atoms with Gasteiger partial charge in [0.1, 0.15) is 25.0 Å². The molecule has 1 aromatic rings. The second kappa shape index (κ2) is 10.1. The standard InChI is InChI=1S/C19H27NO4/c1-23-19(22)16-8-5-9-18(12-16)24-14-17(21)13-20-11-10-15-6-3-2-4-7-15/h5-6,8-9,12,17,20-21H,2-4,7,10-11,13-14H2,1H3/p+1/t17-/m1/s1. The van der Waals surface area contributed by atoms with Crippen LogP contribution in [-0.4, -0.2) is 44.0 Å². The van der Waals surface area contributed by atoms with Crippen LogP contribution in [0.4, 0.5) is 0 Å². The number of hydrogen-bond donors (Lipinski definition) is 2. The van der Waals surface area contributed by atoms with E-state index in [1.54, 1.807) is 29.8 Å². The van der Waals surface area contributed by atoms with E-state index in [2.05, 4.69) is 16.1 Å². The molecule has 0 saturated heterocycles. The Morgan fingerprint density at radius 2 is 2.25 bits per heavy atom. The molecule has 0 heterocycles. The van der Waals surface area contributed by atoms with E-state index in [9.17, 15) is 9.90 Å². The molecule has 0 amide bonds. The molecule has 1 aliphatic rings. The van der Waals surface area contributed by atoms with Gasteiger partial charge in [0.2, 0.25) is 0 Å². The predicted octanol–water partition coefficient (Wildman–Crippen LogP) is 1.67. The van der Waals surface area contributed by atoms with Gasteiger partial charge >= 0.3 is 5.97 Å². The van der Waals surface area contributed by atoms with Crippen LogP contribution in [0, 0.1) is 0 Å². The van der Waals surface area contributed by atoms with Crippen molar-refractivity contribution in [3.63, 3.8) is 0 Å². The Labute approximate surface area is 143 Å². The maximum absolute atomic E-state index is 11.5. The number of allylic oxidation sites excluding steroid dienone is 1. The van der Waals surface area contributed by atoms with Crippen molar-refractivity contribution < 1.29 is 24.7 Å². The molecule has 2 rings (SSSR count). The summed E-state index contributed by atoms with van der Waals surface area (Å²) in [5, 5.41) is 12.1. The third-order valence-corrected chi connectivity index (χ3v) is 4.19. The lowest BCUT2D eigenvalue weighted by molar-refractivity contribution is -0.660. The van der Waals surface area contributed by atoms with E-state index < -0.39 is 12.1 Å². The number of aliphatic hydroxyl groups is 1. The minimum Gasteiger partial charge on any atom is -0.491 e. The maximum Gasteiger partial charge on any atom is 0.337 e. The molecular formula is C19H28NO4+. The summed E-state index contributed by atoms with van der Waals surface area (Å²) in [5.41, 5.74) is 2.00. The zero-order chi connectivity index (χ0) is 17.2. The van der Waals surface area contributed by atoms with Gasteiger partial charge in [-0.1, -0.05) is 17.7 Å². The van der Waals surface area contributed by atoms with Crippen molar-refractivity contribution in [1.82, 2.24) is 0 Å². The fraction of sp³-hybridized carbons (Fsp3) is 0.526. The van der Waals surface area contributed by atoms with Crippen molar-refractivity contribution in [3.8, 4) is 5.75 Å². The SMILES string of the molecule is COC(=O)c1cccc(OC[C@H](O)C[NH2+]CCC2=CCCCC2)c1. The Hall–Kier alpha value is -1.85. The Kier molecular flexibility index (Phi) is 7.79. The molecule has 0 aliphatic heterocycles. The monoisotopic (exact) mass is 334 g/mol. The predicted molar refractivity (Wildman–Crippen MR) is 92.1 cm³/mol. The van der Waals surface area contributed by atoms with Crippen molar-refractivity contribution >= 4 is 5.97 Å². The van der Waals surface area contributed by atoms with Crippen molar-refractivity contribution in [1.29, 1.82) is 0 Å². The van der Waals surface area contributed by atoms with Crippen LogP contribution in [0.1, 0.15) is 42.5 Å². The van der Waals surface area contributed by atoms with E-state index in [1.807, 2.05) is 0 Å². The molecule has 0 saturated carbocycles. The van der Waals surface area contributed by atoms with Crippen LogP contribution in [0.2, 0.25) is 0 Å². The van der Waals surface area contributed by atoms with E-state index in [1.165, 1.54) is 32.8 Å². The highest BCUT2D eigenvalue weighted by Crippen LogP contribution is 2.19. The Balaban J connectivity index is 1.64. The molecule has 3 N–H and O–H groups in total. The molecule has 1 aliphatic carbocycles. The highest BCUT2D eigenvalue weighted by molar-refractivity contribution is 5.89. The number of aliphatic hydroxyl groups excluding tert-OH is 1. The minimum atomic E-state index is -0.535. The van der Waals surface area contributed by atoms with Crippen LogP contribution < -0.4 is 10.1 Å².